The fourth-order valence-corrected chi connectivity index (χ4v) is 4.93. The van der Waals surface area contributed by atoms with Crippen molar-refractivity contribution in [3.05, 3.63) is 42.0 Å². The van der Waals surface area contributed by atoms with Gasteiger partial charge in [-0.2, -0.15) is 0 Å². The van der Waals surface area contributed by atoms with Gasteiger partial charge in [-0.15, -0.1) is 0 Å². The van der Waals surface area contributed by atoms with Crippen LogP contribution in [0.15, 0.2) is 30.9 Å². The van der Waals surface area contributed by atoms with E-state index in [1.807, 2.05) is 26.8 Å². The smallest absolute Gasteiger partial charge is 0.370 e. The minimum Gasteiger partial charge on any atom is -0.370 e. The molecule has 1 aliphatic rings. The Hall–Kier alpha value is -1.20. The van der Waals surface area contributed by atoms with Crippen LogP contribution in [0.4, 0.5) is 0 Å². The number of benzene rings is 1. The molecule has 0 atom stereocenters. The molecule has 0 saturated carbocycles. The molecule has 2 rings (SSSR count). The van der Waals surface area contributed by atoms with E-state index < -0.39 is 8.80 Å². The minimum absolute atomic E-state index is 0.580. The number of hydrogen-bond acceptors (Lipinski definition) is 3. The Morgan fingerprint density at radius 1 is 1.05 bits per heavy atom. The standard InChI is InChI=1S/C16H22O3Si/c1-5-13-11-14-12-15(9-10-16(13)14)20(17-6-2,18-7-3)19-8-4/h5,9-12H,1,6-8H2,2-4H3. The van der Waals surface area contributed by atoms with Crippen molar-refractivity contribution in [1.29, 1.82) is 0 Å². The summed E-state index contributed by atoms with van der Waals surface area (Å²) in [6, 6.07) is 6.28. The Kier molecular flexibility index (Phi) is 4.94. The quantitative estimate of drug-likeness (QED) is 0.689. The number of hydrogen-bond donors (Lipinski definition) is 0. The lowest BCUT2D eigenvalue weighted by atomic mass is 9.89. The molecular weight excluding hydrogens is 268 g/mol. The van der Waals surface area contributed by atoms with Crippen LogP contribution in [0, 0.1) is 0 Å². The van der Waals surface area contributed by atoms with E-state index in [-0.39, 0.29) is 0 Å². The molecule has 0 aliphatic heterocycles. The molecule has 0 amide bonds. The summed E-state index contributed by atoms with van der Waals surface area (Å²) in [5, 5.41) is 1.03. The molecule has 4 heteroatoms. The maximum Gasteiger partial charge on any atom is 0.537 e. The summed E-state index contributed by atoms with van der Waals surface area (Å²) in [7, 11) is -2.78. The van der Waals surface area contributed by atoms with Crippen molar-refractivity contribution in [3.63, 3.8) is 0 Å². The molecule has 20 heavy (non-hydrogen) atoms. The van der Waals surface area contributed by atoms with E-state index in [2.05, 4.69) is 30.9 Å². The maximum atomic E-state index is 5.92. The maximum absolute atomic E-state index is 5.92. The van der Waals surface area contributed by atoms with Gasteiger partial charge in [-0.3, -0.25) is 0 Å². The Morgan fingerprint density at radius 3 is 2.10 bits per heavy atom. The fourth-order valence-electron chi connectivity index (χ4n) is 2.42. The Morgan fingerprint density at radius 2 is 1.65 bits per heavy atom. The third-order valence-electron chi connectivity index (χ3n) is 3.25. The summed E-state index contributed by atoms with van der Waals surface area (Å²) >= 11 is 0. The first-order chi connectivity index (χ1) is 9.70. The topological polar surface area (TPSA) is 27.7 Å². The number of allylic oxidation sites excluding steroid dienone is 2. The molecule has 1 aromatic carbocycles. The SMILES string of the molecule is C=CC1=Cc2cc([Si](OCC)(OCC)OCC)ccc21. The van der Waals surface area contributed by atoms with Gasteiger partial charge in [-0.05, 0) is 49.6 Å². The molecule has 0 radical (unpaired) electrons. The van der Waals surface area contributed by atoms with E-state index in [4.69, 9.17) is 13.3 Å². The van der Waals surface area contributed by atoms with Crippen LogP contribution in [0.5, 0.6) is 0 Å². The lowest BCUT2D eigenvalue weighted by molar-refractivity contribution is 0.0859. The summed E-state index contributed by atoms with van der Waals surface area (Å²) < 4.78 is 17.8. The van der Waals surface area contributed by atoms with E-state index in [1.165, 1.54) is 16.7 Å². The van der Waals surface area contributed by atoms with Crippen LogP contribution in [0.3, 0.4) is 0 Å². The van der Waals surface area contributed by atoms with Gasteiger partial charge in [0.15, 0.2) is 0 Å². The Labute approximate surface area is 122 Å². The highest BCUT2D eigenvalue weighted by Gasteiger charge is 2.43. The van der Waals surface area contributed by atoms with E-state index in [1.54, 1.807) is 0 Å². The molecule has 0 bridgehead atoms. The summed E-state index contributed by atoms with van der Waals surface area (Å²) in [5.41, 5.74) is 3.62. The van der Waals surface area contributed by atoms with Gasteiger partial charge in [0, 0.05) is 25.0 Å². The van der Waals surface area contributed by atoms with Gasteiger partial charge in [0.25, 0.3) is 0 Å². The van der Waals surface area contributed by atoms with Crippen LogP contribution in [0.25, 0.3) is 11.6 Å². The second-order valence-corrected chi connectivity index (χ2v) is 7.02. The van der Waals surface area contributed by atoms with Gasteiger partial charge < -0.3 is 13.3 Å². The molecule has 0 aromatic heterocycles. The van der Waals surface area contributed by atoms with Crippen molar-refractivity contribution < 1.29 is 13.3 Å². The third-order valence-corrected chi connectivity index (χ3v) is 6.27. The molecule has 0 spiro atoms. The zero-order chi connectivity index (χ0) is 14.6. The average Bonchev–Trinajstić information content (AvgIpc) is 2.41. The van der Waals surface area contributed by atoms with Crippen LogP contribution < -0.4 is 5.19 Å². The highest BCUT2D eigenvalue weighted by atomic mass is 28.4. The Balaban J connectivity index is 2.36. The second-order valence-electron chi connectivity index (χ2n) is 4.46. The van der Waals surface area contributed by atoms with Gasteiger partial charge in [-0.1, -0.05) is 24.8 Å². The van der Waals surface area contributed by atoms with Crippen molar-refractivity contribution >= 4 is 25.6 Å². The summed E-state index contributed by atoms with van der Waals surface area (Å²) in [5.74, 6) is 0. The van der Waals surface area contributed by atoms with E-state index >= 15 is 0 Å². The van der Waals surface area contributed by atoms with Crippen molar-refractivity contribution in [2.24, 2.45) is 0 Å². The van der Waals surface area contributed by atoms with Gasteiger partial charge in [0.1, 0.15) is 0 Å². The van der Waals surface area contributed by atoms with Crippen molar-refractivity contribution in [1.82, 2.24) is 0 Å². The van der Waals surface area contributed by atoms with E-state index in [0.29, 0.717) is 19.8 Å². The van der Waals surface area contributed by atoms with Gasteiger partial charge in [0.05, 0.1) is 0 Å². The van der Waals surface area contributed by atoms with Crippen molar-refractivity contribution in [2.45, 2.75) is 20.8 Å². The average molecular weight is 290 g/mol. The third kappa shape index (κ3) is 2.65. The molecule has 1 aliphatic carbocycles. The van der Waals surface area contributed by atoms with Crippen LogP contribution >= 0.6 is 0 Å². The molecule has 1 aromatic rings. The van der Waals surface area contributed by atoms with Crippen molar-refractivity contribution in [3.8, 4) is 0 Å². The number of rotatable bonds is 8. The summed E-state index contributed by atoms with van der Waals surface area (Å²) in [4.78, 5) is 0. The molecular formula is C16H22O3Si. The first kappa shape index (κ1) is 15.2. The molecule has 0 unspecified atom stereocenters. The van der Waals surface area contributed by atoms with Gasteiger partial charge in [0.2, 0.25) is 0 Å². The fraction of sp³-hybridized carbons (Fsp3) is 0.375. The summed E-state index contributed by atoms with van der Waals surface area (Å²) in [6.07, 6.45) is 4.00. The normalized spacial score (nSPS) is 13.4. The zero-order valence-corrected chi connectivity index (χ0v) is 13.4. The van der Waals surface area contributed by atoms with Gasteiger partial charge in [-0.25, -0.2) is 0 Å². The molecule has 3 nitrogen and oxygen atoms in total. The molecule has 0 N–H and O–H groups in total. The zero-order valence-electron chi connectivity index (χ0n) is 12.4. The lowest BCUT2D eigenvalue weighted by Crippen LogP contribution is -2.57. The van der Waals surface area contributed by atoms with Crippen LogP contribution in [0.2, 0.25) is 0 Å². The van der Waals surface area contributed by atoms with Crippen molar-refractivity contribution in [2.75, 3.05) is 19.8 Å². The van der Waals surface area contributed by atoms with Gasteiger partial charge >= 0.3 is 8.80 Å². The van der Waals surface area contributed by atoms with Crippen LogP contribution in [-0.2, 0) is 13.3 Å². The van der Waals surface area contributed by atoms with Crippen LogP contribution in [-0.4, -0.2) is 28.6 Å². The number of fused-ring (bicyclic) bond motifs is 1. The Bertz CT molecular complexity index is 505. The first-order valence-electron chi connectivity index (χ1n) is 7.11. The summed E-state index contributed by atoms with van der Waals surface area (Å²) in [6.45, 7) is 11.5. The molecule has 0 saturated heterocycles. The van der Waals surface area contributed by atoms with Crippen LogP contribution in [0.1, 0.15) is 31.9 Å². The largest absolute Gasteiger partial charge is 0.537 e. The lowest BCUT2D eigenvalue weighted by Gasteiger charge is -2.30. The monoisotopic (exact) mass is 290 g/mol. The minimum atomic E-state index is -2.78. The molecule has 0 heterocycles. The first-order valence-corrected chi connectivity index (χ1v) is 8.84. The molecule has 0 fully saturated rings. The predicted molar refractivity (Wildman–Crippen MR) is 84.8 cm³/mol. The van der Waals surface area contributed by atoms with E-state index in [0.717, 1.165) is 5.19 Å². The predicted octanol–water partition coefficient (Wildman–Crippen LogP) is 2.98. The highest BCUT2D eigenvalue weighted by molar-refractivity contribution is 6.75. The van der Waals surface area contributed by atoms with E-state index in [9.17, 15) is 0 Å². The second kappa shape index (κ2) is 6.50. The molecule has 108 valence electrons. The highest BCUT2D eigenvalue weighted by Crippen LogP contribution is 2.32.